The summed E-state index contributed by atoms with van der Waals surface area (Å²) >= 11 is 11.7. The van der Waals surface area contributed by atoms with E-state index in [0.29, 0.717) is 0 Å². The van der Waals surface area contributed by atoms with E-state index in [4.69, 9.17) is 23.2 Å². The Morgan fingerprint density at radius 3 is 1.30 bits per heavy atom. The maximum Gasteiger partial charge on any atom is 0.0406 e. The van der Waals surface area contributed by atoms with Gasteiger partial charge in [-0.2, -0.15) is 0 Å². The molecule has 0 fully saturated rings. The van der Waals surface area contributed by atoms with Crippen LogP contribution >= 0.6 is 23.2 Å². The fourth-order valence-electron chi connectivity index (χ4n) is 1.78. The zero-order valence-electron chi connectivity index (χ0n) is 11.1. The number of allylic oxidation sites excluding steroid dienone is 2. The first kappa shape index (κ1) is 14.9. The lowest BCUT2D eigenvalue weighted by Crippen LogP contribution is -1.72. The van der Waals surface area contributed by atoms with E-state index in [-0.39, 0.29) is 0 Å². The van der Waals surface area contributed by atoms with Gasteiger partial charge in [0.2, 0.25) is 0 Å². The van der Waals surface area contributed by atoms with E-state index in [1.165, 1.54) is 11.1 Å². The van der Waals surface area contributed by atoms with Gasteiger partial charge in [-0.1, -0.05) is 71.8 Å². The highest BCUT2D eigenvalue weighted by Crippen LogP contribution is 2.12. The number of hydrogen-bond donors (Lipinski definition) is 0. The third-order valence-corrected chi connectivity index (χ3v) is 3.36. The van der Waals surface area contributed by atoms with Gasteiger partial charge in [0.05, 0.1) is 0 Å². The van der Waals surface area contributed by atoms with Crippen molar-refractivity contribution in [3.8, 4) is 0 Å². The van der Waals surface area contributed by atoms with Crippen molar-refractivity contribution in [2.45, 2.75) is 12.8 Å². The van der Waals surface area contributed by atoms with E-state index in [2.05, 4.69) is 24.3 Å². The van der Waals surface area contributed by atoms with Gasteiger partial charge in [0, 0.05) is 10.0 Å². The van der Waals surface area contributed by atoms with Crippen LogP contribution in [-0.4, -0.2) is 0 Å². The molecule has 0 spiro atoms. The van der Waals surface area contributed by atoms with Crippen molar-refractivity contribution in [1.82, 2.24) is 0 Å². The summed E-state index contributed by atoms with van der Waals surface area (Å²) in [7, 11) is 0. The third-order valence-electron chi connectivity index (χ3n) is 2.86. The van der Waals surface area contributed by atoms with E-state index in [9.17, 15) is 0 Å². The van der Waals surface area contributed by atoms with E-state index in [1.807, 2.05) is 48.5 Å². The average molecular weight is 303 g/mol. The van der Waals surface area contributed by atoms with Crippen molar-refractivity contribution in [2.75, 3.05) is 0 Å². The molecule has 0 aromatic heterocycles. The molecule has 2 aromatic carbocycles. The van der Waals surface area contributed by atoms with Crippen LogP contribution in [0.15, 0.2) is 60.7 Å². The van der Waals surface area contributed by atoms with Crippen molar-refractivity contribution in [3.05, 3.63) is 81.9 Å². The molecule has 102 valence electrons. The Morgan fingerprint density at radius 2 is 0.950 bits per heavy atom. The number of halogens is 2. The van der Waals surface area contributed by atoms with Crippen LogP contribution in [0.4, 0.5) is 0 Å². The molecule has 20 heavy (non-hydrogen) atoms. The summed E-state index contributed by atoms with van der Waals surface area (Å²) < 4.78 is 0. The lowest BCUT2D eigenvalue weighted by Gasteiger charge is -1.94. The molecular formula is C18H16Cl2. The summed E-state index contributed by atoms with van der Waals surface area (Å²) in [5.74, 6) is 0. The summed E-state index contributed by atoms with van der Waals surface area (Å²) in [6, 6.07) is 15.7. The Morgan fingerprint density at radius 1 is 0.600 bits per heavy atom. The predicted molar refractivity (Wildman–Crippen MR) is 90.2 cm³/mol. The molecule has 0 atom stereocenters. The maximum absolute atomic E-state index is 5.84. The molecule has 0 heterocycles. The summed E-state index contributed by atoms with van der Waals surface area (Å²) in [5.41, 5.74) is 2.35. The molecule has 0 bridgehead atoms. The van der Waals surface area contributed by atoms with E-state index < -0.39 is 0 Å². The van der Waals surface area contributed by atoms with Gasteiger partial charge in [-0.25, -0.2) is 0 Å². The molecule has 0 amide bonds. The number of unbranched alkanes of at least 4 members (excludes halogenated alkanes) is 1. The van der Waals surface area contributed by atoms with Crippen LogP contribution < -0.4 is 0 Å². The molecule has 0 unspecified atom stereocenters. The highest BCUT2D eigenvalue weighted by atomic mass is 35.5. The summed E-state index contributed by atoms with van der Waals surface area (Å²) in [5, 5.41) is 1.54. The molecular weight excluding hydrogens is 287 g/mol. The van der Waals surface area contributed by atoms with Crippen molar-refractivity contribution < 1.29 is 0 Å². The highest BCUT2D eigenvalue weighted by molar-refractivity contribution is 6.30. The van der Waals surface area contributed by atoms with Crippen LogP contribution in [0, 0.1) is 0 Å². The second kappa shape index (κ2) is 7.94. The predicted octanol–water partition coefficient (Wildman–Crippen LogP) is 6.50. The zero-order valence-corrected chi connectivity index (χ0v) is 12.6. The normalized spacial score (nSPS) is 11.5. The van der Waals surface area contributed by atoms with E-state index >= 15 is 0 Å². The Labute approximate surface area is 130 Å². The minimum atomic E-state index is 0.771. The highest BCUT2D eigenvalue weighted by Gasteiger charge is 1.88. The third kappa shape index (κ3) is 5.24. The molecule has 0 N–H and O–H groups in total. The molecule has 0 aliphatic rings. The Balaban J connectivity index is 1.76. The van der Waals surface area contributed by atoms with Crippen molar-refractivity contribution in [3.63, 3.8) is 0 Å². The van der Waals surface area contributed by atoms with Crippen LogP contribution in [-0.2, 0) is 0 Å². The van der Waals surface area contributed by atoms with E-state index in [0.717, 1.165) is 22.9 Å². The first-order valence-corrected chi connectivity index (χ1v) is 7.34. The number of benzene rings is 2. The largest absolute Gasteiger partial charge is 0.0843 e. The molecule has 2 rings (SSSR count). The van der Waals surface area contributed by atoms with Gasteiger partial charge in [0.25, 0.3) is 0 Å². The summed E-state index contributed by atoms with van der Waals surface area (Å²) in [6.45, 7) is 0. The van der Waals surface area contributed by atoms with Crippen molar-refractivity contribution >= 4 is 35.4 Å². The molecule has 0 radical (unpaired) electrons. The van der Waals surface area contributed by atoms with E-state index in [1.54, 1.807) is 0 Å². The van der Waals surface area contributed by atoms with Crippen LogP contribution in [0.2, 0.25) is 10.0 Å². The molecule has 0 nitrogen and oxygen atoms in total. The zero-order chi connectivity index (χ0) is 14.2. The summed E-state index contributed by atoms with van der Waals surface area (Å²) in [4.78, 5) is 0. The van der Waals surface area contributed by atoms with Gasteiger partial charge in [0.15, 0.2) is 0 Å². The van der Waals surface area contributed by atoms with Gasteiger partial charge in [0.1, 0.15) is 0 Å². The average Bonchev–Trinajstić information content (AvgIpc) is 2.46. The molecule has 0 aliphatic carbocycles. The van der Waals surface area contributed by atoms with Gasteiger partial charge in [-0.05, 0) is 48.2 Å². The maximum atomic E-state index is 5.84. The minimum Gasteiger partial charge on any atom is -0.0843 e. The van der Waals surface area contributed by atoms with Crippen LogP contribution in [0.1, 0.15) is 24.0 Å². The lowest BCUT2D eigenvalue weighted by atomic mass is 10.1. The molecule has 2 heteroatoms. The minimum absolute atomic E-state index is 0.771. The number of rotatable bonds is 5. The van der Waals surface area contributed by atoms with Crippen LogP contribution in [0.5, 0.6) is 0 Å². The molecule has 0 saturated carbocycles. The van der Waals surface area contributed by atoms with Gasteiger partial charge >= 0.3 is 0 Å². The molecule has 2 aromatic rings. The molecule has 0 aliphatic heterocycles. The smallest absolute Gasteiger partial charge is 0.0406 e. The monoisotopic (exact) mass is 302 g/mol. The SMILES string of the molecule is Clc1ccc(C=CCCC=Cc2ccc(Cl)cc2)cc1. The molecule has 0 saturated heterocycles. The van der Waals surface area contributed by atoms with Crippen LogP contribution in [0.3, 0.4) is 0 Å². The van der Waals surface area contributed by atoms with Crippen molar-refractivity contribution in [1.29, 1.82) is 0 Å². The first-order valence-electron chi connectivity index (χ1n) is 6.58. The quantitative estimate of drug-likeness (QED) is 0.553. The van der Waals surface area contributed by atoms with Gasteiger partial charge < -0.3 is 0 Å². The lowest BCUT2D eigenvalue weighted by molar-refractivity contribution is 1.06. The first-order chi connectivity index (χ1) is 9.74. The summed E-state index contributed by atoms with van der Waals surface area (Å²) in [6.07, 6.45) is 10.6. The second-order valence-electron chi connectivity index (χ2n) is 4.49. The Hall–Kier alpha value is -1.50. The Kier molecular flexibility index (Phi) is 5.91. The van der Waals surface area contributed by atoms with Crippen LogP contribution in [0.25, 0.3) is 12.2 Å². The fraction of sp³-hybridized carbons (Fsp3) is 0.111. The van der Waals surface area contributed by atoms with Gasteiger partial charge in [-0.15, -0.1) is 0 Å². The van der Waals surface area contributed by atoms with Gasteiger partial charge in [-0.3, -0.25) is 0 Å². The fourth-order valence-corrected chi connectivity index (χ4v) is 2.03. The standard InChI is InChI=1S/C18H16Cl2/c19-17-11-7-15(8-12-17)5-3-1-2-4-6-16-9-13-18(20)14-10-16/h3-14H,1-2H2. The topological polar surface area (TPSA) is 0 Å². The Bertz CT molecular complexity index is 522. The van der Waals surface area contributed by atoms with Crippen molar-refractivity contribution in [2.24, 2.45) is 0 Å². The number of hydrogen-bond acceptors (Lipinski definition) is 0. The second-order valence-corrected chi connectivity index (χ2v) is 5.36.